The molecule has 0 saturated heterocycles. The Morgan fingerprint density at radius 3 is 2.88 bits per heavy atom. The van der Waals surface area contributed by atoms with Gasteiger partial charge in [-0.15, -0.1) is 11.3 Å². The van der Waals surface area contributed by atoms with E-state index in [1.54, 1.807) is 0 Å². The molecule has 4 heteroatoms. The molecule has 17 heavy (non-hydrogen) atoms. The van der Waals surface area contributed by atoms with Gasteiger partial charge in [0.25, 0.3) is 0 Å². The van der Waals surface area contributed by atoms with Gasteiger partial charge in [-0.25, -0.2) is 0 Å². The van der Waals surface area contributed by atoms with E-state index in [9.17, 15) is 4.79 Å². The van der Waals surface area contributed by atoms with Crippen molar-refractivity contribution in [3.8, 4) is 0 Å². The number of hydrogen-bond acceptors (Lipinski definition) is 3. The normalized spacial score (nSPS) is 24.8. The highest BCUT2D eigenvalue weighted by Gasteiger charge is 2.28. The zero-order valence-corrected chi connectivity index (χ0v) is 11.1. The van der Waals surface area contributed by atoms with Gasteiger partial charge in [-0.2, -0.15) is 0 Å². The van der Waals surface area contributed by atoms with Crippen molar-refractivity contribution in [2.24, 2.45) is 11.7 Å². The summed E-state index contributed by atoms with van der Waals surface area (Å²) in [6.07, 6.45) is 4.34. The van der Waals surface area contributed by atoms with Crippen molar-refractivity contribution in [2.45, 2.75) is 45.2 Å². The lowest BCUT2D eigenvalue weighted by Gasteiger charge is -2.30. The molecule has 3 N–H and O–H groups in total. The second-order valence-electron chi connectivity index (χ2n) is 4.79. The van der Waals surface area contributed by atoms with Gasteiger partial charge >= 0.3 is 0 Å². The second-order valence-corrected chi connectivity index (χ2v) is 6.17. The monoisotopic (exact) mass is 252 g/mol. The minimum atomic E-state index is -0.149. The molecule has 1 amide bonds. The minimum absolute atomic E-state index is 0.0183. The van der Waals surface area contributed by atoms with E-state index in [1.165, 1.54) is 16.2 Å². The van der Waals surface area contributed by atoms with Gasteiger partial charge in [-0.3, -0.25) is 4.79 Å². The Balaban J connectivity index is 1.90. The van der Waals surface area contributed by atoms with Gasteiger partial charge in [0.2, 0.25) is 5.91 Å². The average molecular weight is 252 g/mol. The standard InChI is InChI=1S/C13H20N2OS/c1-9-6-7-10(17-9)8-15-12-5-3-2-4-11(12)13(14)16/h6-7,11-12,15H,2-5,8H2,1H3,(H2,14,16)/t11-,12+/m1/s1. The van der Waals surface area contributed by atoms with E-state index in [0.717, 1.165) is 25.8 Å². The highest BCUT2D eigenvalue weighted by molar-refractivity contribution is 7.11. The van der Waals surface area contributed by atoms with Crippen molar-refractivity contribution < 1.29 is 4.79 Å². The van der Waals surface area contributed by atoms with Crippen LogP contribution < -0.4 is 11.1 Å². The van der Waals surface area contributed by atoms with Gasteiger partial charge in [0.1, 0.15) is 0 Å². The van der Waals surface area contributed by atoms with E-state index in [0.29, 0.717) is 0 Å². The third-order valence-electron chi connectivity index (χ3n) is 3.47. The molecule has 0 radical (unpaired) electrons. The van der Waals surface area contributed by atoms with Gasteiger partial charge in [-0.1, -0.05) is 12.8 Å². The van der Waals surface area contributed by atoms with Gasteiger partial charge in [0.15, 0.2) is 0 Å². The molecule has 1 aliphatic rings. The van der Waals surface area contributed by atoms with Crippen LogP contribution >= 0.6 is 11.3 Å². The number of rotatable bonds is 4. The molecule has 1 aliphatic carbocycles. The van der Waals surface area contributed by atoms with E-state index in [4.69, 9.17) is 5.73 Å². The van der Waals surface area contributed by atoms with E-state index in [2.05, 4.69) is 24.4 Å². The zero-order chi connectivity index (χ0) is 12.3. The first kappa shape index (κ1) is 12.6. The number of primary amides is 1. The van der Waals surface area contributed by atoms with Gasteiger partial charge in [0, 0.05) is 22.3 Å². The maximum Gasteiger partial charge on any atom is 0.222 e. The summed E-state index contributed by atoms with van der Waals surface area (Å²) >= 11 is 1.81. The minimum Gasteiger partial charge on any atom is -0.369 e. The highest BCUT2D eigenvalue weighted by Crippen LogP contribution is 2.25. The van der Waals surface area contributed by atoms with Crippen LogP contribution in [0.4, 0.5) is 0 Å². The van der Waals surface area contributed by atoms with Crippen LogP contribution in [0.3, 0.4) is 0 Å². The molecule has 3 nitrogen and oxygen atoms in total. The molecule has 0 aromatic carbocycles. The molecule has 0 unspecified atom stereocenters. The Morgan fingerprint density at radius 2 is 2.24 bits per heavy atom. The van der Waals surface area contributed by atoms with E-state index in [-0.39, 0.29) is 17.9 Å². The Bertz CT molecular complexity index is 389. The number of hydrogen-bond donors (Lipinski definition) is 2. The number of nitrogens with one attached hydrogen (secondary N) is 1. The molecule has 2 atom stereocenters. The molecule has 2 rings (SSSR count). The quantitative estimate of drug-likeness (QED) is 0.863. The maximum absolute atomic E-state index is 11.4. The average Bonchev–Trinajstić information content (AvgIpc) is 2.73. The van der Waals surface area contributed by atoms with E-state index in [1.807, 2.05) is 11.3 Å². The van der Waals surface area contributed by atoms with Crippen molar-refractivity contribution in [1.82, 2.24) is 5.32 Å². The van der Waals surface area contributed by atoms with Gasteiger partial charge in [-0.05, 0) is 31.9 Å². The van der Waals surface area contributed by atoms with Crippen LogP contribution in [0, 0.1) is 12.8 Å². The van der Waals surface area contributed by atoms with E-state index >= 15 is 0 Å². The van der Waals surface area contributed by atoms with E-state index < -0.39 is 0 Å². The summed E-state index contributed by atoms with van der Waals surface area (Å²) in [6.45, 7) is 2.97. The molecule has 0 aliphatic heterocycles. The van der Waals surface area contributed by atoms with Crippen molar-refractivity contribution in [1.29, 1.82) is 0 Å². The zero-order valence-electron chi connectivity index (χ0n) is 10.2. The molecule has 0 spiro atoms. The topological polar surface area (TPSA) is 55.1 Å². The predicted octanol–water partition coefficient (Wildman–Crippen LogP) is 2.19. The van der Waals surface area contributed by atoms with Crippen molar-refractivity contribution in [3.05, 3.63) is 21.9 Å². The molecular formula is C13H20N2OS. The number of carbonyl (C=O) groups excluding carboxylic acids is 1. The first-order chi connectivity index (χ1) is 8.16. The fourth-order valence-electron chi connectivity index (χ4n) is 2.53. The molecule has 1 aromatic heterocycles. The van der Waals surface area contributed by atoms with Crippen molar-refractivity contribution in [2.75, 3.05) is 0 Å². The fraction of sp³-hybridized carbons (Fsp3) is 0.615. The molecule has 1 aromatic rings. The number of carbonyl (C=O) groups is 1. The Labute approximate surface area is 106 Å². The van der Waals surface area contributed by atoms with Crippen LogP contribution in [0.5, 0.6) is 0 Å². The first-order valence-electron chi connectivity index (χ1n) is 6.25. The second kappa shape index (κ2) is 5.65. The summed E-state index contributed by atoms with van der Waals surface area (Å²) in [4.78, 5) is 14.0. The molecule has 1 saturated carbocycles. The molecule has 94 valence electrons. The van der Waals surface area contributed by atoms with Crippen LogP contribution in [0.2, 0.25) is 0 Å². The largest absolute Gasteiger partial charge is 0.369 e. The summed E-state index contributed by atoms with van der Waals surface area (Å²) in [5.41, 5.74) is 5.45. The number of thiophene rings is 1. The summed E-state index contributed by atoms with van der Waals surface area (Å²) in [5.74, 6) is -0.130. The summed E-state index contributed by atoms with van der Waals surface area (Å²) in [6, 6.07) is 4.55. The lowest BCUT2D eigenvalue weighted by molar-refractivity contribution is -0.123. The fourth-order valence-corrected chi connectivity index (χ4v) is 3.37. The lowest BCUT2D eigenvalue weighted by Crippen LogP contribution is -2.44. The molecule has 0 bridgehead atoms. The van der Waals surface area contributed by atoms with Crippen LogP contribution in [-0.2, 0) is 11.3 Å². The SMILES string of the molecule is Cc1ccc(CN[C@H]2CCCC[C@H]2C(N)=O)s1. The number of nitrogens with two attached hydrogens (primary N) is 1. The van der Waals surface area contributed by atoms with Crippen LogP contribution in [-0.4, -0.2) is 11.9 Å². The maximum atomic E-state index is 11.4. The molecular weight excluding hydrogens is 232 g/mol. The smallest absolute Gasteiger partial charge is 0.222 e. The van der Waals surface area contributed by atoms with Gasteiger partial charge in [0.05, 0.1) is 5.92 Å². The van der Waals surface area contributed by atoms with Crippen LogP contribution in [0.1, 0.15) is 35.4 Å². The Morgan fingerprint density at radius 1 is 1.47 bits per heavy atom. The highest BCUT2D eigenvalue weighted by atomic mass is 32.1. The summed E-state index contributed by atoms with van der Waals surface area (Å²) in [5, 5.41) is 3.49. The molecule has 1 heterocycles. The third-order valence-corrected chi connectivity index (χ3v) is 4.47. The van der Waals surface area contributed by atoms with Crippen LogP contribution in [0.25, 0.3) is 0 Å². The Kier molecular flexibility index (Phi) is 4.18. The van der Waals surface area contributed by atoms with Crippen molar-refractivity contribution in [3.63, 3.8) is 0 Å². The third kappa shape index (κ3) is 3.30. The van der Waals surface area contributed by atoms with Gasteiger partial charge < -0.3 is 11.1 Å². The summed E-state index contributed by atoms with van der Waals surface area (Å²) in [7, 11) is 0. The lowest BCUT2D eigenvalue weighted by atomic mass is 9.84. The summed E-state index contributed by atoms with van der Waals surface area (Å²) < 4.78 is 0. The van der Waals surface area contributed by atoms with Crippen LogP contribution in [0.15, 0.2) is 12.1 Å². The number of aryl methyl sites for hydroxylation is 1. The van der Waals surface area contributed by atoms with Crippen molar-refractivity contribution >= 4 is 17.2 Å². The first-order valence-corrected chi connectivity index (χ1v) is 7.06. The number of amides is 1. The molecule has 1 fully saturated rings. The predicted molar refractivity (Wildman–Crippen MR) is 70.8 cm³/mol. The Hall–Kier alpha value is -0.870.